The summed E-state index contributed by atoms with van der Waals surface area (Å²) in [5.41, 5.74) is -0.142. The van der Waals surface area contributed by atoms with Gasteiger partial charge in [0.25, 0.3) is 5.91 Å². The second kappa shape index (κ2) is 6.95. The van der Waals surface area contributed by atoms with Crippen molar-refractivity contribution in [2.75, 3.05) is 19.8 Å². The number of amides is 1. The number of nitrogens with one attached hydrogen (secondary N) is 1. The summed E-state index contributed by atoms with van der Waals surface area (Å²) in [6, 6.07) is 1.25. The smallest absolute Gasteiger partial charge is 0.333 e. The molecule has 96 valence electrons. The summed E-state index contributed by atoms with van der Waals surface area (Å²) in [7, 11) is 0. The van der Waals surface area contributed by atoms with Gasteiger partial charge in [0.1, 0.15) is 5.69 Å². The third kappa shape index (κ3) is 4.10. The number of rotatable bonds is 7. The molecule has 1 amide bonds. The number of hydrogen-bond acceptors (Lipinski definition) is 3. The summed E-state index contributed by atoms with van der Waals surface area (Å²) in [5.74, 6) is -0.556. The van der Waals surface area contributed by atoms with Crippen LogP contribution in [0.2, 0.25) is 0 Å². The molecular formula is C10H15F2N3O2. The average Bonchev–Trinajstić information content (AvgIpc) is 2.77. The maximum absolute atomic E-state index is 12.4. The first-order chi connectivity index (χ1) is 8.16. The minimum Gasteiger partial charge on any atom is -0.382 e. The number of hydrogen-bond donors (Lipinski definition) is 1. The van der Waals surface area contributed by atoms with Crippen molar-refractivity contribution in [3.63, 3.8) is 0 Å². The van der Waals surface area contributed by atoms with Gasteiger partial charge < -0.3 is 10.1 Å². The van der Waals surface area contributed by atoms with Gasteiger partial charge in [-0.3, -0.25) is 4.79 Å². The highest BCUT2D eigenvalue weighted by molar-refractivity contribution is 5.92. The van der Waals surface area contributed by atoms with Crippen LogP contribution in [0, 0.1) is 0 Å². The number of carbonyl (C=O) groups is 1. The van der Waals surface area contributed by atoms with Crippen molar-refractivity contribution in [1.82, 2.24) is 15.1 Å². The standard InChI is InChI=1S/C10H15F2N3O2/c1-2-17-7-3-5-13-9(16)8-4-6-14-15(8)10(11)12/h4,6,10H,2-3,5,7H2,1H3,(H,13,16). The van der Waals surface area contributed by atoms with E-state index in [2.05, 4.69) is 10.4 Å². The normalized spacial score (nSPS) is 10.8. The summed E-state index contributed by atoms with van der Waals surface area (Å²) in [6.45, 7) is 0.596. The molecule has 1 rings (SSSR count). The van der Waals surface area contributed by atoms with E-state index in [1.165, 1.54) is 12.3 Å². The summed E-state index contributed by atoms with van der Waals surface area (Å²) >= 11 is 0. The lowest BCUT2D eigenvalue weighted by Crippen LogP contribution is -2.28. The van der Waals surface area contributed by atoms with Crippen molar-refractivity contribution in [2.45, 2.75) is 19.9 Å². The van der Waals surface area contributed by atoms with E-state index >= 15 is 0 Å². The van der Waals surface area contributed by atoms with Gasteiger partial charge in [-0.15, -0.1) is 0 Å². The SMILES string of the molecule is CCOCCCNC(=O)c1ccnn1C(F)F. The van der Waals surface area contributed by atoms with Gasteiger partial charge in [-0.2, -0.15) is 18.6 Å². The Bertz CT molecular complexity index is 355. The summed E-state index contributed by atoms with van der Waals surface area (Å²) < 4.78 is 30.3. The molecule has 0 spiro atoms. The Labute approximate surface area is 97.7 Å². The van der Waals surface area contributed by atoms with Crippen LogP contribution in [0.1, 0.15) is 30.4 Å². The van der Waals surface area contributed by atoms with E-state index in [1.54, 1.807) is 0 Å². The predicted molar refractivity (Wildman–Crippen MR) is 56.9 cm³/mol. The van der Waals surface area contributed by atoms with Crippen molar-refractivity contribution < 1.29 is 18.3 Å². The molecule has 0 bridgehead atoms. The zero-order valence-corrected chi connectivity index (χ0v) is 9.53. The van der Waals surface area contributed by atoms with E-state index in [0.717, 1.165) is 0 Å². The molecule has 0 aliphatic heterocycles. The Morgan fingerprint density at radius 2 is 2.41 bits per heavy atom. The molecule has 0 unspecified atom stereocenters. The van der Waals surface area contributed by atoms with E-state index in [0.29, 0.717) is 30.9 Å². The van der Waals surface area contributed by atoms with Crippen molar-refractivity contribution in [2.24, 2.45) is 0 Å². The van der Waals surface area contributed by atoms with Crippen molar-refractivity contribution in [3.8, 4) is 0 Å². The quantitative estimate of drug-likeness (QED) is 0.742. The molecule has 1 aromatic rings. The molecule has 1 N–H and O–H groups in total. The minimum atomic E-state index is -2.81. The molecule has 0 saturated carbocycles. The number of halogens is 2. The molecule has 0 fully saturated rings. The first kappa shape index (κ1) is 13.6. The molecule has 1 heterocycles. The Morgan fingerprint density at radius 3 is 3.06 bits per heavy atom. The molecule has 0 atom stereocenters. The maximum atomic E-state index is 12.4. The molecule has 0 aromatic carbocycles. The zero-order chi connectivity index (χ0) is 12.7. The first-order valence-electron chi connectivity index (χ1n) is 5.34. The highest BCUT2D eigenvalue weighted by Gasteiger charge is 2.17. The molecule has 5 nitrogen and oxygen atoms in total. The minimum absolute atomic E-state index is 0.142. The Hall–Kier alpha value is -1.50. The van der Waals surface area contributed by atoms with Crippen molar-refractivity contribution in [1.29, 1.82) is 0 Å². The third-order valence-corrected chi connectivity index (χ3v) is 2.04. The third-order valence-electron chi connectivity index (χ3n) is 2.04. The molecule has 0 saturated heterocycles. The lowest BCUT2D eigenvalue weighted by Gasteiger charge is -2.07. The van der Waals surface area contributed by atoms with Gasteiger partial charge in [0.15, 0.2) is 0 Å². The zero-order valence-electron chi connectivity index (χ0n) is 9.53. The fraction of sp³-hybridized carbons (Fsp3) is 0.600. The van der Waals surface area contributed by atoms with E-state index in [9.17, 15) is 13.6 Å². The van der Waals surface area contributed by atoms with E-state index < -0.39 is 12.5 Å². The van der Waals surface area contributed by atoms with Crippen molar-refractivity contribution >= 4 is 5.91 Å². The lowest BCUT2D eigenvalue weighted by atomic mass is 10.3. The van der Waals surface area contributed by atoms with Gasteiger partial charge in [0.05, 0.1) is 0 Å². The number of nitrogens with zero attached hydrogens (tertiary/aromatic N) is 2. The molecule has 0 radical (unpaired) electrons. The molecular weight excluding hydrogens is 232 g/mol. The number of alkyl halides is 2. The van der Waals surface area contributed by atoms with Gasteiger partial charge in [-0.1, -0.05) is 0 Å². The highest BCUT2D eigenvalue weighted by Crippen LogP contribution is 2.11. The Balaban J connectivity index is 2.39. The number of aromatic nitrogens is 2. The van der Waals surface area contributed by atoms with E-state index in [-0.39, 0.29) is 5.69 Å². The molecule has 1 aromatic heterocycles. The predicted octanol–water partition coefficient (Wildman–Crippen LogP) is 1.43. The van der Waals surface area contributed by atoms with Gasteiger partial charge in [0, 0.05) is 26.0 Å². The summed E-state index contributed by atoms with van der Waals surface area (Å²) in [5, 5.41) is 5.90. The number of carbonyl (C=O) groups excluding carboxylic acids is 1. The molecule has 0 aliphatic rings. The summed E-state index contributed by atoms with van der Waals surface area (Å²) in [4.78, 5) is 11.5. The van der Waals surface area contributed by atoms with E-state index in [1.807, 2.05) is 6.92 Å². The largest absolute Gasteiger partial charge is 0.382 e. The lowest BCUT2D eigenvalue weighted by molar-refractivity contribution is 0.0509. The van der Waals surface area contributed by atoms with Crippen LogP contribution in [0.3, 0.4) is 0 Å². The summed E-state index contributed by atoms with van der Waals surface area (Å²) in [6.07, 6.45) is 1.81. The van der Waals surface area contributed by atoms with Crippen LogP contribution in [0.4, 0.5) is 8.78 Å². The average molecular weight is 247 g/mol. The molecule has 17 heavy (non-hydrogen) atoms. The fourth-order valence-electron chi connectivity index (χ4n) is 1.26. The maximum Gasteiger partial charge on any atom is 0.333 e. The van der Waals surface area contributed by atoms with Crippen LogP contribution < -0.4 is 5.32 Å². The monoisotopic (exact) mass is 247 g/mol. The first-order valence-corrected chi connectivity index (χ1v) is 5.34. The van der Waals surface area contributed by atoms with Crippen molar-refractivity contribution in [3.05, 3.63) is 18.0 Å². The van der Waals surface area contributed by atoms with Gasteiger partial charge in [-0.25, -0.2) is 0 Å². The van der Waals surface area contributed by atoms with Crippen LogP contribution in [0.5, 0.6) is 0 Å². The van der Waals surface area contributed by atoms with Crippen LogP contribution >= 0.6 is 0 Å². The molecule has 0 aliphatic carbocycles. The second-order valence-corrected chi connectivity index (χ2v) is 3.25. The van der Waals surface area contributed by atoms with Gasteiger partial charge >= 0.3 is 6.55 Å². The number of ether oxygens (including phenoxy) is 1. The van der Waals surface area contributed by atoms with E-state index in [4.69, 9.17) is 4.74 Å². The Kier molecular flexibility index (Phi) is 5.55. The topological polar surface area (TPSA) is 56.1 Å². The van der Waals surface area contributed by atoms with Gasteiger partial charge in [-0.05, 0) is 19.4 Å². The van der Waals surface area contributed by atoms with Crippen LogP contribution in [-0.2, 0) is 4.74 Å². The Morgan fingerprint density at radius 1 is 1.65 bits per heavy atom. The van der Waals surface area contributed by atoms with Crippen LogP contribution in [0.15, 0.2) is 12.3 Å². The molecule has 7 heteroatoms. The fourth-order valence-corrected chi connectivity index (χ4v) is 1.26. The van der Waals surface area contributed by atoms with Crippen LogP contribution in [-0.4, -0.2) is 35.4 Å². The van der Waals surface area contributed by atoms with Crippen LogP contribution in [0.25, 0.3) is 0 Å². The second-order valence-electron chi connectivity index (χ2n) is 3.25. The van der Waals surface area contributed by atoms with Gasteiger partial charge in [0.2, 0.25) is 0 Å². The highest BCUT2D eigenvalue weighted by atomic mass is 19.3.